The first-order valence-electron chi connectivity index (χ1n) is 10.1. The summed E-state index contributed by atoms with van der Waals surface area (Å²) in [6, 6.07) is -0.265. The molecule has 4 aliphatic heterocycles. The first-order chi connectivity index (χ1) is 13.3. The number of nitrogens with zero attached hydrogens (tertiary/aromatic N) is 1. The fourth-order valence-corrected chi connectivity index (χ4v) is 6.73. The van der Waals surface area contributed by atoms with Gasteiger partial charge in [0.15, 0.2) is 0 Å². The number of carbonyl (C=O) groups excluding carboxylic acids is 1. The second-order valence-corrected chi connectivity index (χ2v) is 9.85. The first kappa shape index (κ1) is 23.0. The van der Waals surface area contributed by atoms with Gasteiger partial charge in [-0.3, -0.25) is 4.79 Å². The van der Waals surface area contributed by atoms with E-state index >= 15 is 0 Å². The van der Waals surface area contributed by atoms with Crippen LogP contribution in [-0.2, 0) is 9.59 Å². The molecule has 29 heavy (non-hydrogen) atoms. The van der Waals surface area contributed by atoms with Crippen LogP contribution in [0.2, 0.25) is 0 Å². The molecule has 3 fully saturated rings. The van der Waals surface area contributed by atoms with Crippen LogP contribution < -0.4 is 10.6 Å². The Morgan fingerprint density at radius 3 is 2.62 bits per heavy atom. The van der Waals surface area contributed by atoms with E-state index < -0.39 is 24.1 Å². The molecular weight excluding hydrogens is 462 g/mol. The normalized spacial score (nSPS) is 38.5. The van der Waals surface area contributed by atoms with E-state index in [1.807, 2.05) is 6.92 Å². The highest BCUT2D eigenvalue weighted by Crippen LogP contribution is 2.51. The number of carboxylic acid groups (broad SMARTS) is 1. The number of aliphatic hydroxyl groups excluding tert-OH is 2. The Labute approximate surface area is 185 Å². The number of nitrogens with one attached hydrogen (secondary N) is 2. The Balaban J connectivity index is 0.00000240. The zero-order chi connectivity index (χ0) is 20.2. The average Bonchev–Trinajstić information content (AvgIpc) is 3.35. The number of hydrogen-bond acceptors (Lipinski definition) is 7. The Morgan fingerprint density at radius 2 is 2.03 bits per heavy atom. The predicted molar refractivity (Wildman–Crippen MR) is 115 cm³/mol. The zero-order valence-electron chi connectivity index (χ0n) is 16.6. The number of carboxylic acids is 1. The third-order valence-corrected chi connectivity index (χ3v) is 8.23. The Morgan fingerprint density at radius 1 is 1.31 bits per heavy atom. The number of carbonyl (C=O) groups is 2. The molecule has 4 rings (SSSR count). The van der Waals surface area contributed by atoms with Gasteiger partial charge in [-0.2, -0.15) is 0 Å². The minimum Gasteiger partial charge on any atom is -0.477 e. The molecule has 164 valence electrons. The summed E-state index contributed by atoms with van der Waals surface area (Å²) in [5.41, 5.74) is 0.0772. The largest absolute Gasteiger partial charge is 0.477 e. The fourth-order valence-electron chi connectivity index (χ4n) is 5.24. The monoisotopic (exact) mass is 491 g/mol. The fraction of sp³-hybridized carbons (Fsp3) is 0.789. The molecule has 0 saturated carbocycles. The first-order valence-corrected chi connectivity index (χ1v) is 11.0. The van der Waals surface area contributed by atoms with Crippen molar-refractivity contribution in [3.8, 4) is 0 Å². The molecule has 0 unspecified atom stereocenters. The minimum absolute atomic E-state index is 0. The van der Waals surface area contributed by atoms with Crippen molar-refractivity contribution >= 4 is 40.6 Å². The smallest absolute Gasteiger partial charge is 0.353 e. The van der Waals surface area contributed by atoms with E-state index in [0.29, 0.717) is 6.54 Å². The maximum Gasteiger partial charge on any atom is 0.353 e. The number of aliphatic carboxylic acids is 1. The van der Waals surface area contributed by atoms with Gasteiger partial charge in [-0.15, -0.1) is 28.7 Å². The van der Waals surface area contributed by atoms with Gasteiger partial charge in [-0.05, 0) is 26.3 Å². The molecule has 0 aliphatic carbocycles. The number of rotatable bonds is 6. The number of fused-ring (bicyclic) bond motifs is 1. The highest BCUT2D eigenvalue weighted by Gasteiger charge is 2.60. The lowest BCUT2D eigenvalue weighted by molar-refractivity contribution is -0.163. The van der Waals surface area contributed by atoms with Gasteiger partial charge < -0.3 is 30.9 Å². The second kappa shape index (κ2) is 8.84. The van der Waals surface area contributed by atoms with Crippen LogP contribution in [0.3, 0.4) is 0 Å². The highest BCUT2D eigenvalue weighted by molar-refractivity contribution is 8.93. The minimum atomic E-state index is -1.09. The van der Waals surface area contributed by atoms with Crippen molar-refractivity contribution in [3.63, 3.8) is 0 Å². The molecule has 0 bridgehead atoms. The SMILES string of the molecule is Br.C[C@@H](O)[C@H]1C(=O)N2C(C(=O)O)=C(S[C@@H]3CN[C@H]([C@H](O)[C@@H]4CCNC4)C3)[C@H](C)[C@H]12. The number of amides is 1. The van der Waals surface area contributed by atoms with E-state index in [1.165, 1.54) is 16.7 Å². The summed E-state index contributed by atoms with van der Waals surface area (Å²) in [6.07, 6.45) is 0.547. The Kier molecular flexibility index (Phi) is 7.02. The summed E-state index contributed by atoms with van der Waals surface area (Å²) < 4.78 is 0. The van der Waals surface area contributed by atoms with E-state index in [1.54, 1.807) is 6.92 Å². The highest BCUT2D eigenvalue weighted by atomic mass is 79.9. The molecule has 5 N–H and O–H groups in total. The molecule has 4 heterocycles. The van der Waals surface area contributed by atoms with Crippen molar-refractivity contribution in [1.29, 1.82) is 0 Å². The van der Waals surface area contributed by atoms with E-state index in [0.717, 1.165) is 30.8 Å². The molecule has 8 nitrogen and oxygen atoms in total. The molecule has 8 atom stereocenters. The lowest BCUT2D eigenvalue weighted by Gasteiger charge is -2.46. The number of halogens is 1. The van der Waals surface area contributed by atoms with Gasteiger partial charge in [0.25, 0.3) is 0 Å². The number of β-lactam (4-membered cyclic amide) rings is 1. The number of aliphatic hydroxyl groups is 2. The van der Waals surface area contributed by atoms with Gasteiger partial charge in [0, 0.05) is 41.1 Å². The van der Waals surface area contributed by atoms with Crippen LogP contribution in [0.4, 0.5) is 0 Å². The quantitative estimate of drug-likeness (QED) is 0.333. The molecule has 10 heteroatoms. The van der Waals surface area contributed by atoms with Crippen molar-refractivity contribution < 1.29 is 24.9 Å². The van der Waals surface area contributed by atoms with Crippen LogP contribution in [0.25, 0.3) is 0 Å². The van der Waals surface area contributed by atoms with Crippen LogP contribution >= 0.6 is 28.7 Å². The summed E-state index contributed by atoms with van der Waals surface area (Å²) in [5, 5.41) is 37.2. The summed E-state index contributed by atoms with van der Waals surface area (Å²) in [6.45, 7) is 6.00. The summed E-state index contributed by atoms with van der Waals surface area (Å²) >= 11 is 1.52. The van der Waals surface area contributed by atoms with Crippen molar-refractivity contribution in [2.75, 3.05) is 19.6 Å². The molecule has 0 aromatic carbocycles. The molecule has 3 saturated heterocycles. The van der Waals surface area contributed by atoms with Crippen molar-refractivity contribution in [2.45, 2.75) is 56.2 Å². The summed E-state index contributed by atoms with van der Waals surface area (Å²) in [4.78, 5) is 26.4. The predicted octanol–water partition coefficient (Wildman–Crippen LogP) is 0.152. The Bertz CT molecular complexity index is 699. The van der Waals surface area contributed by atoms with Crippen LogP contribution in [-0.4, -0.2) is 81.3 Å². The molecule has 4 aliphatic rings. The summed E-state index contributed by atoms with van der Waals surface area (Å²) in [7, 11) is 0. The third kappa shape index (κ3) is 3.87. The zero-order valence-corrected chi connectivity index (χ0v) is 19.1. The van der Waals surface area contributed by atoms with E-state index in [9.17, 15) is 24.9 Å². The van der Waals surface area contributed by atoms with Crippen molar-refractivity contribution in [3.05, 3.63) is 10.6 Å². The second-order valence-electron chi connectivity index (χ2n) is 8.51. The van der Waals surface area contributed by atoms with Crippen LogP contribution in [0, 0.1) is 17.8 Å². The molecule has 0 radical (unpaired) electrons. The van der Waals surface area contributed by atoms with Gasteiger partial charge >= 0.3 is 5.97 Å². The van der Waals surface area contributed by atoms with Gasteiger partial charge in [0.1, 0.15) is 5.70 Å². The van der Waals surface area contributed by atoms with Gasteiger partial charge in [0.2, 0.25) is 5.91 Å². The standard InChI is InChI=1S/C19H29N3O5S.BrH/c1-8-14-13(9(2)23)18(25)22(14)15(19(26)27)17(8)28-11-5-12(21-7-11)16(24)10-3-4-20-6-10;/h8-14,16,20-21,23-24H,3-7H2,1-2H3,(H,26,27);1H/t8-,9-,10-,11+,12+,13-,14-,16-;/m1./s1. The van der Waals surface area contributed by atoms with Crippen LogP contribution in [0.5, 0.6) is 0 Å². The third-order valence-electron chi connectivity index (χ3n) is 6.72. The van der Waals surface area contributed by atoms with E-state index in [2.05, 4.69) is 10.6 Å². The summed E-state index contributed by atoms with van der Waals surface area (Å²) in [5.74, 6) is -1.78. The van der Waals surface area contributed by atoms with Gasteiger partial charge in [0.05, 0.1) is 24.2 Å². The van der Waals surface area contributed by atoms with Crippen LogP contribution in [0.15, 0.2) is 10.6 Å². The van der Waals surface area contributed by atoms with Crippen molar-refractivity contribution in [1.82, 2.24) is 15.5 Å². The molecule has 0 aromatic heterocycles. The topological polar surface area (TPSA) is 122 Å². The Hall–Kier alpha value is -0.650. The lowest BCUT2D eigenvalue weighted by Crippen LogP contribution is -2.63. The van der Waals surface area contributed by atoms with Gasteiger partial charge in [-0.1, -0.05) is 6.92 Å². The molecule has 0 aromatic rings. The average molecular weight is 492 g/mol. The van der Waals surface area contributed by atoms with Crippen molar-refractivity contribution in [2.24, 2.45) is 17.8 Å². The van der Waals surface area contributed by atoms with E-state index in [-0.39, 0.29) is 57.8 Å². The van der Waals surface area contributed by atoms with Crippen LogP contribution in [0.1, 0.15) is 26.7 Å². The molecule has 0 spiro atoms. The lowest BCUT2D eigenvalue weighted by atomic mass is 9.79. The molecule has 1 amide bonds. The molecular formula is C19H30BrN3O5S. The number of thioether (sulfide) groups is 1. The van der Waals surface area contributed by atoms with E-state index in [4.69, 9.17) is 0 Å². The maximum absolute atomic E-state index is 12.4. The number of hydrogen-bond donors (Lipinski definition) is 5. The van der Waals surface area contributed by atoms with Gasteiger partial charge in [-0.25, -0.2) is 4.79 Å². The maximum atomic E-state index is 12.4.